The van der Waals surface area contributed by atoms with Gasteiger partial charge in [0, 0.05) is 6.54 Å². The summed E-state index contributed by atoms with van der Waals surface area (Å²) in [5.41, 5.74) is -0.514. The van der Waals surface area contributed by atoms with Gasteiger partial charge < -0.3 is 10.1 Å². The van der Waals surface area contributed by atoms with Crippen LogP contribution in [0.5, 0.6) is 0 Å². The normalized spacial score (nSPS) is 11.6. The van der Waals surface area contributed by atoms with Crippen LogP contribution in [0.3, 0.4) is 0 Å². The van der Waals surface area contributed by atoms with Crippen LogP contribution in [0.4, 0.5) is 9.80 Å². The van der Waals surface area contributed by atoms with Gasteiger partial charge in [-0.25, -0.2) is 9.78 Å². The average molecular weight is 299 g/mol. The summed E-state index contributed by atoms with van der Waals surface area (Å²) in [5.74, 6) is 0. The zero-order valence-corrected chi connectivity index (χ0v) is 12.4. The van der Waals surface area contributed by atoms with E-state index in [1.165, 1.54) is 6.20 Å². The van der Waals surface area contributed by atoms with Crippen LogP contribution in [0.2, 0.25) is 0 Å². The highest BCUT2D eigenvalue weighted by atomic mass is 32.1. The number of aromatic nitrogens is 1. The number of nitro groups is 1. The van der Waals surface area contributed by atoms with E-state index < -0.39 is 16.6 Å². The highest BCUT2D eigenvalue weighted by Crippen LogP contribution is 2.21. The van der Waals surface area contributed by atoms with Crippen molar-refractivity contribution in [1.29, 1.82) is 0 Å². The molecule has 0 aliphatic heterocycles. The van der Waals surface area contributed by atoms with Crippen LogP contribution >= 0.6 is 11.3 Å². The van der Waals surface area contributed by atoms with E-state index in [-0.39, 0.29) is 5.00 Å². The Morgan fingerprint density at radius 3 is 2.85 bits per heavy atom. The van der Waals surface area contributed by atoms with Gasteiger partial charge in [0.25, 0.3) is 0 Å². The summed E-state index contributed by atoms with van der Waals surface area (Å²) in [6.07, 6.45) is 4.83. The van der Waals surface area contributed by atoms with Gasteiger partial charge in [-0.05, 0) is 44.6 Å². The molecule has 20 heavy (non-hydrogen) atoms. The molecule has 1 rings (SSSR count). The molecule has 1 aromatic heterocycles. The minimum atomic E-state index is -0.514. The lowest BCUT2D eigenvalue weighted by Crippen LogP contribution is -2.32. The SMILES string of the molecule is CC(C)(C)OC(=O)NCCC=Cc1ncc([N+](=O)[O-])s1. The summed E-state index contributed by atoms with van der Waals surface area (Å²) in [6, 6.07) is 0. The van der Waals surface area contributed by atoms with Crippen molar-refractivity contribution in [3.63, 3.8) is 0 Å². The van der Waals surface area contributed by atoms with Crippen LogP contribution in [-0.4, -0.2) is 28.1 Å². The van der Waals surface area contributed by atoms with Gasteiger partial charge in [0.05, 0.1) is 4.92 Å². The van der Waals surface area contributed by atoms with Gasteiger partial charge in [-0.2, -0.15) is 0 Å². The predicted molar refractivity (Wildman–Crippen MR) is 76.7 cm³/mol. The molecule has 8 heteroatoms. The zero-order chi connectivity index (χ0) is 15.2. The number of ether oxygens (including phenoxy) is 1. The Kier molecular flexibility index (Phi) is 5.63. The van der Waals surface area contributed by atoms with Gasteiger partial charge >= 0.3 is 11.1 Å². The maximum Gasteiger partial charge on any atom is 0.407 e. The molecule has 1 heterocycles. The van der Waals surface area contributed by atoms with Gasteiger partial charge in [-0.1, -0.05) is 6.08 Å². The summed E-state index contributed by atoms with van der Waals surface area (Å²) in [5, 5.41) is 13.7. The fourth-order valence-corrected chi connectivity index (χ4v) is 1.86. The smallest absolute Gasteiger partial charge is 0.407 e. The third-order valence-corrected chi connectivity index (χ3v) is 2.85. The lowest BCUT2D eigenvalue weighted by atomic mass is 10.2. The molecular weight excluding hydrogens is 282 g/mol. The second kappa shape index (κ2) is 6.99. The number of rotatable bonds is 5. The number of amides is 1. The first-order chi connectivity index (χ1) is 9.28. The van der Waals surface area contributed by atoms with E-state index >= 15 is 0 Å². The van der Waals surface area contributed by atoms with Gasteiger partial charge in [0.1, 0.15) is 16.8 Å². The monoisotopic (exact) mass is 299 g/mol. The number of hydrogen-bond acceptors (Lipinski definition) is 6. The summed E-state index contributed by atoms with van der Waals surface area (Å²) in [6.45, 7) is 5.81. The molecule has 0 bridgehead atoms. The number of carbonyl (C=O) groups excluding carboxylic acids is 1. The third-order valence-electron chi connectivity index (χ3n) is 1.93. The number of nitrogens with one attached hydrogen (secondary N) is 1. The molecule has 1 N–H and O–H groups in total. The standard InChI is InChI=1S/C12H17N3O4S/c1-12(2,3)19-11(16)13-7-5-4-6-9-14-8-10(20-9)15(17)18/h4,6,8H,5,7H2,1-3H3,(H,13,16). The number of hydrogen-bond donors (Lipinski definition) is 1. The topological polar surface area (TPSA) is 94.4 Å². The largest absolute Gasteiger partial charge is 0.444 e. The van der Waals surface area contributed by atoms with Crippen molar-refractivity contribution in [2.75, 3.05) is 6.54 Å². The molecule has 0 spiro atoms. The quantitative estimate of drug-likeness (QED) is 0.512. The molecule has 1 aromatic rings. The lowest BCUT2D eigenvalue weighted by molar-refractivity contribution is -0.380. The number of thiazole rings is 1. The Morgan fingerprint density at radius 2 is 2.30 bits per heavy atom. The van der Waals surface area contributed by atoms with Crippen molar-refractivity contribution in [3.05, 3.63) is 27.4 Å². The summed E-state index contributed by atoms with van der Waals surface area (Å²) in [4.78, 5) is 25.2. The van der Waals surface area contributed by atoms with Crippen LogP contribution in [0, 0.1) is 10.1 Å². The highest BCUT2D eigenvalue weighted by Gasteiger charge is 2.15. The van der Waals surface area contributed by atoms with Gasteiger partial charge in [-0.3, -0.25) is 10.1 Å². The maximum atomic E-state index is 11.3. The first-order valence-electron chi connectivity index (χ1n) is 6.01. The Morgan fingerprint density at radius 1 is 1.60 bits per heavy atom. The molecule has 0 aromatic carbocycles. The molecular formula is C12H17N3O4S. The summed E-state index contributed by atoms with van der Waals surface area (Å²) < 4.78 is 5.07. The molecule has 1 amide bonds. The number of alkyl carbamates (subject to hydrolysis) is 1. The maximum absolute atomic E-state index is 11.3. The Labute approximate surface area is 120 Å². The van der Waals surface area contributed by atoms with Crippen LogP contribution in [0.1, 0.15) is 32.2 Å². The second-order valence-electron chi connectivity index (χ2n) is 4.91. The molecule has 0 aliphatic carbocycles. The third kappa shape index (κ3) is 6.28. The molecule has 0 atom stereocenters. The van der Waals surface area contributed by atoms with Crippen molar-refractivity contribution in [2.24, 2.45) is 0 Å². The molecule has 0 unspecified atom stereocenters. The Balaban J connectivity index is 2.28. The van der Waals surface area contributed by atoms with Crippen LogP contribution in [-0.2, 0) is 4.74 Å². The van der Waals surface area contributed by atoms with E-state index in [0.29, 0.717) is 18.0 Å². The number of nitrogens with zero attached hydrogens (tertiary/aromatic N) is 2. The van der Waals surface area contributed by atoms with Crippen molar-refractivity contribution >= 4 is 28.5 Å². The molecule has 7 nitrogen and oxygen atoms in total. The fraction of sp³-hybridized carbons (Fsp3) is 0.500. The number of carbonyl (C=O) groups is 1. The zero-order valence-electron chi connectivity index (χ0n) is 11.6. The first kappa shape index (κ1) is 16.1. The molecule has 0 aliphatic rings. The first-order valence-corrected chi connectivity index (χ1v) is 6.83. The molecule has 110 valence electrons. The minimum absolute atomic E-state index is 0.0107. The Bertz CT molecular complexity index is 505. The van der Waals surface area contributed by atoms with Crippen LogP contribution in [0.25, 0.3) is 6.08 Å². The molecule has 0 radical (unpaired) electrons. The van der Waals surface area contributed by atoms with Crippen molar-refractivity contribution in [2.45, 2.75) is 32.8 Å². The van der Waals surface area contributed by atoms with E-state index in [0.717, 1.165) is 11.3 Å². The highest BCUT2D eigenvalue weighted by molar-refractivity contribution is 7.15. The van der Waals surface area contributed by atoms with Crippen LogP contribution < -0.4 is 5.32 Å². The molecule has 0 fully saturated rings. The van der Waals surface area contributed by atoms with E-state index in [2.05, 4.69) is 10.3 Å². The van der Waals surface area contributed by atoms with Crippen molar-refractivity contribution < 1.29 is 14.5 Å². The van der Waals surface area contributed by atoms with Gasteiger partial charge in [-0.15, -0.1) is 0 Å². The summed E-state index contributed by atoms with van der Waals surface area (Å²) in [7, 11) is 0. The van der Waals surface area contributed by atoms with Crippen molar-refractivity contribution in [3.8, 4) is 0 Å². The fourth-order valence-electron chi connectivity index (χ4n) is 1.20. The van der Waals surface area contributed by atoms with Crippen LogP contribution in [0.15, 0.2) is 12.3 Å². The molecule has 0 saturated heterocycles. The van der Waals surface area contributed by atoms with Gasteiger partial charge in [0.2, 0.25) is 0 Å². The molecule has 0 saturated carbocycles. The van der Waals surface area contributed by atoms with E-state index in [1.54, 1.807) is 32.9 Å². The van der Waals surface area contributed by atoms with Gasteiger partial charge in [0.15, 0.2) is 0 Å². The average Bonchev–Trinajstić information content (AvgIpc) is 2.75. The van der Waals surface area contributed by atoms with E-state index in [1.807, 2.05) is 0 Å². The lowest BCUT2D eigenvalue weighted by Gasteiger charge is -2.19. The predicted octanol–water partition coefficient (Wildman–Crippen LogP) is 2.98. The Hall–Kier alpha value is -1.96. The van der Waals surface area contributed by atoms with E-state index in [4.69, 9.17) is 4.74 Å². The van der Waals surface area contributed by atoms with Crippen molar-refractivity contribution in [1.82, 2.24) is 10.3 Å². The minimum Gasteiger partial charge on any atom is -0.444 e. The van der Waals surface area contributed by atoms with E-state index in [9.17, 15) is 14.9 Å². The summed E-state index contributed by atoms with van der Waals surface area (Å²) >= 11 is 1.00. The second-order valence-corrected chi connectivity index (χ2v) is 5.95.